The van der Waals surface area contributed by atoms with Crippen LogP contribution in [-0.4, -0.2) is 37.7 Å². The molecule has 1 aliphatic heterocycles. The Hall–Kier alpha value is -2.84. The molecule has 1 N–H and O–H groups in total. The zero-order valence-electron chi connectivity index (χ0n) is 12.9. The molecule has 116 valence electrons. The van der Waals surface area contributed by atoms with Gasteiger partial charge in [0.15, 0.2) is 0 Å². The Bertz CT molecular complexity index is 780. The molecule has 0 atom stereocenters. The van der Waals surface area contributed by atoms with Gasteiger partial charge in [0.05, 0.1) is 30.5 Å². The van der Waals surface area contributed by atoms with Gasteiger partial charge in [-0.1, -0.05) is 18.2 Å². The number of fused-ring (bicyclic) bond motifs is 1. The summed E-state index contributed by atoms with van der Waals surface area (Å²) in [5.74, 6) is 0.00752. The number of nitriles is 1. The van der Waals surface area contributed by atoms with Gasteiger partial charge in [-0.3, -0.25) is 4.79 Å². The number of methoxy groups -OCH3 is 1. The number of amides is 1. The second kappa shape index (κ2) is 6.51. The molecule has 23 heavy (non-hydrogen) atoms. The lowest BCUT2D eigenvalue weighted by atomic mass is 9.99. The molecule has 0 saturated heterocycles. The normalized spacial score (nSPS) is 13.2. The number of hydrogen-bond donors (Lipinski definition) is 1. The van der Waals surface area contributed by atoms with Crippen LogP contribution in [0.25, 0.3) is 11.1 Å². The van der Waals surface area contributed by atoms with Crippen molar-refractivity contribution in [1.29, 1.82) is 5.26 Å². The highest BCUT2D eigenvalue weighted by Crippen LogP contribution is 2.29. The average Bonchev–Trinajstić information content (AvgIpc) is 2.61. The third-order valence-electron chi connectivity index (χ3n) is 3.89. The molecule has 0 saturated carbocycles. The van der Waals surface area contributed by atoms with Crippen molar-refractivity contribution >= 4 is 11.6 Å². The van der Waals surface area contributed by atoms with Crippen molar-refractivity contribution in [3.8, 4) is 17.2 Å². The molecule has 0 aromatic heterocycles. The van der Waals surface area contributed by atoms with Gasteiger partial charge in [-0.15, -0.1) is 0 Å². The van der Waals surface area contributed by atoms with Crippen LogP contribution in [0.3, 0.4) is 0 Å². The number of carbonyl (C=O) groups is 1. The van der Waals surface area contributed by atoms with Crippen LogP contribution in [0.15, 0.2) is 42.5 Å². The van der Waals surface area contributed by atoms with Crippen molar-refractivity contribution in [3.05, 3.63) is 53.6 Å². The van der Waals surface area contributed by atoms with Crippen molar-refractivity contribution in [2.24, 2.45) is 0 Å². The van der Waals surface area contributed by atoms with E-state index in [0.717, 1.165) is 16.8 Å². The summed E-state index contributed by atoms with van der Waals surface area (Å²) in [6, 6.07) is 15.3. The zero-order valence-corrected chi connectivity index (χ0v) is 12.9. The lowest BCUT2D eigenvalue weighted by Crippen LogP contribution is -2.41. The van der Waals surface area contributed by atoms with Gasteiger partial charge < -0.3 is 15.0 Å². The van der Waals surface area contributed by atoms with Crippen molar-refractivity contribution in [2.45, 2.75) is 0 Å². The Morgan fingerprint density at radius 2 is 2.09 bits per heavy atom. The van der Waals surface area contributed by atoms with Crippen LogP contribution in [0.1, 0.15) is 15.9 Å². The minimum Gasteiger partial charge on any atom is -0.383 e. The molecular weight excluding hydrogens is 290 g/mol. The fourth-order valence-corrected chi connectivity index (χ4v) is 2.63. The van der Waals surface area contributed by atoms with Crippen LogP contribution in [0, 0.1) is 11.3 Å². The van der Waals surface area contributed by atoms with Crippen LogP contribution in [-0.2, 0) is 4.74 Å². The first-order chi connectivity index (χ1) is 11.2. The zero-order chi connectivity index (χ0) is 16.2. The molecule has 1 heterocycles. The van der Waals surface area contributed by atoms with Crippen LogP contribution in [0.2, 0.25) is 0 Å². The lowest BCUT2D eigenvalue weighted by molar-refractivity contribution is 0.0700. The number of anilines is 1. The van der Waals surface area contributed by atoms with Crippen molar-refractivity contribution in [3.63, 3.8) is 0 Å². The topological polar surface area (TPSA) is 65.4 Å². The summed E-state index contributed by atoms with van der Waals surface area (Å²) in [5, 5.41) is 12.3. The summed E-state index contributed by atoms with van der Waals surface area (Å²) in [5.41, 5.74) is 4.04. The number of carbonyl (C=O) groups excluding carboxylic acids is 1. The molecule has 5 heteroatoms. The molecule has 2 aromatic carbocycles. The van der Waals surface area contributed by atoms with E-state index < -0.39 is 0 Å². The summed E-state index contributed by atoms with van der Waals surface area (Å²) in [7, 11) is 1.62. The van der Waals surface area contributed by atoms with E-state index in [1.165, 1.54) is 0 Å². The van der Waals surface area contributed by atoms with Gasteiger partial charge >= 0.3 is 0 Å². The van der Waals surface area contributed by atoms with Crippen molar-refractivity contribution in [2.75, 3.05) is 32.2 Å². The Balaban J connectivity index is 1.89. The molecule has 2 aromatic rings. The molecule has 0 radical (unpaired) electrons. The maximum Gasteiger partial charge on any atom is 0.257 e. The first kappa shape index (κ1) is 15.1. The molecular formula is C18H17N3O2. The Morgan fingerprint density at radius 3 is 2.87 bits per heavy atom. The first-order valence-corrected chi connectivity index (χ1v) is 7.39. The van der Waals surface area contributed by atoms with E-state index in [1.54, 1.807) is 18.1 Å². The number of hydrogen-bond acceptors (Lipinski definition) is 4. The minimum atomic E-state index is 0.00752. The van der Waals surface area contributed by atoms with Crippen molar-refractivity contribution < 1.29 is 9.53 Å². The minimum absolute atomic E-state index is 0.00752. The summed E-state index contributed by atoms with van der Waals surface area (Å²) in [4.78, 5) is 14.2. The molecule has 1 amide bonds. The predicted molar refractivity (Wildman–Crippen MR) is 88.0 cm³/mol. The Labute approximate surface area is 135 Å². The predicted octanol–water partition coefficient (Wildman–Crippen LogP) is 2.70. The van der Waals surface area contributed by atoms with Crippen molar-refractivity contribution in [1.82, 2.24) is 4.90 Å². The first-order valence-electron chi connectivity index (χ1n) is 7.39. The fourth-order valence-electron chi connectivity index (χ4n) is 2.63. The highest BCUT2D eigenvalue weighted by atomic mass is 16.5. The van der Waals surface area contributed by atoms with Gasteiger partial charge in [-0.05, 0) is 35.4 Å². The number of rotatable bonds is 4. The highest BCUT2D eigenvalue weighted by Gasteiger charge is 2.23. The SMILES string of the molecule is COCCN1CNc2cc(-c3cccc(C#N)c3)ccc2C1=O. The number of benzene rings is 2. The Kier molecular flexibility index (Phi) is 4.26. The quantitative estimate of drug-likeness (QED) is 0.943. The van der Waals surface area contributed by atoms with E-state index in [0.29, 0.717) is 30.9 Å². The van der Waals surface area contributed by atoms with Crippen LogP contribution >= 0.6 is 0 Å². The van der Waals surface area contributed by atoms with E-state index in [4.69, 9.17) is 10.00 Å². The van der Waals surface area contributed by atoms with Gasteiger partial charge in [-0.25, -0.2) is 0 Å². The lowest BCUT2D eigenvalue weighted by Gasteiger charge is -2.29. The molecule has 0 spiro atoms. The summed E-state index contributed by atoms with van der Waals surface area (Å²) >= 11 is 0. The van der Waals surface area contributed by atoms with Gasteiger partial charge in [-0.2, -0.15) is 5.26 Å². The van der Waals surface area contributed by atoms with Gasteiger partial charge in [0.2, 0.25) is 0 Å². The third-order valence-corrected chi connectivity index (χ3v) is 3.89. The van der Waals surface area contributed by atoms with Gasteiger partial charge in [0, 0.05) is 19.3 Å². The molecule has 1 aliphatic rings. The second-order valence-electron chi connectivity index (χ2n) is 5.35. The smallest absolute Gasteiger partial charge is 0.257 e. The fraction of sp³-hybridized carbons (Fsp3) is 0.222. The highest BCUT2D eigenvalue weighted by molar-refractivity contribution is 6.02. The molecule has 0 bridgehead atoms. The van der Waals surface area contributed by atoms with Crippen LogP contribution in [0.4, 0.5) is 5.69 Å². The summed E-state index contributed by atoms with van der Waals surface area (Å²) in [6.07, 6.45) is 0. The molecule has 3 rings (SSSR count). The maximum absolute atomic E-state index is 12.5. The van der Waals surface area contributed by atoms with E-state index in [-0.39, 0.29) is 5.91 Å². The van der Waals surface area contributed by atoms with Gasteiger partial charge in [0.1, 0.15) is 0 Å². The molecule has 0 aliphatic carbocycles. The van der Waals surface area contributed by atoms with E-state index in [2.05, 4.69) is 11.4 Å². The third kappa shape index (κ3) is 3.03. The summed E-state index contributed by atoms with van der Waals surface area (Å²) in [6.45, 7) is 1.55. The Morgan fingerprint density at radius 1 is 1.26 bits per heavy atom. The maximum atomic E-state index is 12.5. The monoisotopic (exact) mass is 307 g/mol. The van der Waals surface area contributed by atoms with Crippen LogP contribution < -0.4 is 5.32 Å². The average molecular weight is 307 g/mol. The number of nitrogens with zero attached hydrogens (tertiary/aromatic N) is 2. The molecule has 0 fully saturated rings. The molecule has 5 nitrogen and oxygen atoms in total. The van der Waals surface area contributed by atoms with E-state index in [9.17, 15) is 4.79 Å². The van der Waals surface area contributed by atoms with Crippen LogP contribution in [0.5, 0.6) is 0 Å². The second-order valence-corrected chi connectivity index (χ2v) is 5.35. The largest absolute Gasteiger partial charge is 0.383 e. The number of nitrogens with one attached hydrogen (secondary N) is 1. The summed E-state index contributed by atoms with van der Waals surface area (Å²) < 4.78 is 5.03. The molecule has 0 unspecified atom stereocenters. The standard InChI is InChI=1S/C18H17N3O2/c1-23-8-7-21-12-20-17-10-15(5-6-16(17)18(21)22)14-4-2-3-13(9-14)11-19/h2-6,9-10,20H,7-8,12H2,1H3. The van der Waals surface area contributed by atoms with E-state index >= 15 is 0 Å². The van der Waals surface area contributed by atoms with Gasteiger partial charge in [0.25, 0.3) is 5.91 Å². The van der Waals surface area contributed by atoms with E-state index in [1.807, 2.05) is 36.4 Å². The number of ether oxygens (including phenoxy) is 1.